The van der Waals surface area contributed by atoms with Gasteiger partial charge in [-0.15, -0.1) is 0 Å². The van der Waals surface area contributed by atoms with Gasteiger partial charge >= 0.3 is 0 Å². The van der Waals surface area contributed by atoms with E-state index in [1.54, 1.807) is 13.4 Å². The number of aromatic nitrogens is 4. The number of hydrogen-bond donors (Lipinski definition) is 0. The van der Waals surface area contributed by atoms with Gasteiger partial charge in [0.1, 0.15) is 18.0 Å². The van der Waals surface area contributed by atoms with Gasteiger partial charge in [-0.1, -0.05) is 0 Å². The Kier molecular flexibility index (Phi) is 3.76. The van der Waals surface area contributed by atoms with Gasteiger partial charge in [-0.05, 0) is 25.7 Å². The van der Waals surface area contributed by atoms with Gasteiger partial charge in [0.2, 0.25) is 11.0 Å². The second-order valence-corrected chi connectivity index (χ2v) is 6.82. The molecule has 0 radical (unpaired) electrons. The maximum absolute atomic E-state index is 5.22. The van der Waals surface area contributed by atoms with Gasteiger partial charge in [-0.25, -0.2) is 15.0 Å². The quantitative estimate of drug-likeness (QED) is 0.848. The first kappa shape index (κ1) is 14.6. The molecule has 2 aliphatic heterocycles. The second-order valence-electron chi connectivity index (χ2n) is 6.09. The molecule has 0 spiro atoms. The van der Waals surface area contributed by atoms with Gasteiger partial charge in [-0.2, -0.15) is 4.37 Å². The summed E-state index contributed by atoms with van der Waals surface area (Å²) in [5.74, 6) is 3.15. The first-order chi connectivity index (χ1) is 11.2. The van der Waals surface area contributed by atoms with Gasteiger partial charge in [-0.3, -0.25) is 0 Å². The summed E-state index contributed by atoms with van der Waals surface area (Å²) in [6.45, 7) is 5.02. The maximum atomic E-state index is 5.22. The minimum Gasteiger partial charge on any atom is -0.481 e. The highest BCUT2D eigenvalue weighted by atomic mass is 32.1. The molecule has 0 bridgehead atoms. The Bertz CT molecular complexity index is 692. The van der Waals surface area contributed by atoms with Crippen molar-refractivity contribution in [2.75, 3.05) is 36.5 Å². The van der Waals surface area contributed by atoms with Crippen LogP contribution in [0.25, 0.3) is 0 Å². The molecule has 4 rings (SSSR count). The number of methoxy groups -OCH3 is 1. The molecule has 7 nitrogen and oxygen atoms in total. The molecular weight excluding hydrogens is 312 g/mol. The van der Waals surface area contributed by atoms with Crippen molar-refractivity contribution in [2.24, 2.45) is 5.92 Å². The van der Waals surface area contributed by atoms with Crippen molar-refractivity contribution < 1.29 is 4.74 Å². The van der Waals surface area contributed by atoms with Crippen molar-refractivity contribution in [3.05, 3.63) is 18.2 Å². The van der Waals surface area contributed by atoms with Crippen molar-refractivity contribution in [3.8, 4) is 5.88 Å². The third-order valence-electron chi connectivity index (χ3n) is 4.79. The molecule has 0 amide bonds. The lowest BCUT2D eigenvalue weighted by molar-refractivity contribution is 0.384. The molecule has 2 aromatic heterocycles. The van der Waals surface area contributed by atoms with Crippen LogP contribution < -0.4 is 14.5 Å². The lowest BCUT2D eigenvalue weighted by Gasteiger charge is -2.38. The van der Waals surface area contributed by atoms with E-state index >= 15 is 0 Å². The first-order valence-corrected chi connectivity index (χ1v) is 8.70. The first-order valence-electron chi connectivity index (χ1n) is 7.92. The summed E-state index contributed by atoms with van der Waals surface area (Å²) in [6.07, 6.45) is 4.00. The van der Waals surface area contributed by atoms with Crippen molar-refractivity contribution in [3.63, 3.8) is 0 Å². The van der Waals surface area contributed by atoms with Crippen molar-refractivity contribution in [1.82, 2.24) is 19.3 Å². The van der Waals surface area contributed by atoms with Gasteiger partial charge in [0.15, 0.2) is 0 Å². The number of aryl methyl sites for hydroxylation is 1. The van der Waals surface area contributed by atoms with Crippen LogP contribution in [0, 0.1) is 12.8 Å². The number of nitrogens with zero attached hydrogens (tertiary/aromatic N) is 6. The Balaban J connectivity index is 1.55. The summed E-state index contributed by atoms with van der Waals surface area (Å²) < 4.78 is 9.56. The molecule has 2 unspecified atom stereocenters. The summed E-state index contributed by atoms with van der Waals surface area (Å²) in [4.78, 5) is 17.9. The van der Waals surface area contributed by atoms with E-state index in [4.69, 9.17) is 4.74 Å². The minimum atomic E-state index is 0.483. The topological polar surface area (TPSA) is 67.3 Å². The Morgan fingerprint density at radius 1 is 1.26 bits per heavy atom. The maximum Gasteiger partial charge on any atom is 0.218 e. The van der Waals surface area contributed by atoms with Crippen LogP contribution in [0.1, 0.15) is 18.7 Å². The van der Waals surface area contributed by atoms with Gasteiger partial charge in [0.25, 0.3) is 0 Å². The summed E-state index contributed by atoms with van der Waals surface area (Å²) in [6, 6.07) is 2.39. The molecule has 2 fully saturated rings. The summed E-state index contributed by atoms with van der Waals surface area (Å²) in [7, 11) is 1.63. The van der Waals surface area contributed by atoms with Crippen molar-refractivity contribution >= 4 is 22.5 Å². The van der Waals surface area contributed by atoms with Crippen LogP contribution in [0.4, 0.5) is 10.9 Å². The number of anilines is 2. The Morgan fingerprint density at radius 3 is 2.91 bits per heavy atom. The Labute approximate surface area is 139 Å². The second kappa shape index (κ2) is 5.92. The van der Waals surface area contributed by atoms with Gasteiger partial charge in [0.05, 0.1) is 13.2 Å². The Hall–Kier alpha value is -1.96. The van der Waals surface area contributed by atoms with Crippen LogP contribution in [0.2, 0.25) is 0 Å². The third kappa shape index (κ3) is 2.71. The van der Waals surface area contributed by atoms with E-state index in [0.29, 0.717) is 11.9 Å². The highest BCUT2D eigenvalue weighted by Gasteiger charge is 2.40. The molecule has 2 saturated heterocycles. The lowest BCUT2D eigenvalue weighted by atomic mass is 9.92. The molecule has 8 heteroatoms. The summed E-state index contributed by atoms with van der Waals surface area (Å²) in [5, 5.41) is 1.05. The lowest BCUT2D eigenvalue weighted by Crippen LogP contribution is -2.48. The predicted octanol–water partition coefficient (Wildman–Crippen LogP) is 1.75. The van der Waals surface area contributed by atoms with E-state index < -0.39 is 0 Å². The van der Waals surface area contributed by atoms with Crippen LogP contribution in [0.3, 0.4) is 0 Å². The largest absolute Gasteiger partial charge is 0.481 e. The molecule has 0 saturated carbocycles. The molecule has 122 valence electrons. The zero-order valence-electron chi connectivity index (χ0n) is 13.3. The van der Waals surface area contributed by atoms with Crippen LogP contribution in [0.15, 0.2) is 12.4 Å². The zero-order valence-corrected chi connectivity index (χ0v) is 14.2. The van der Waals surface area contributed by atoms with E-state index in [9.17, 15) is 0 Å². The highest BCUT2D eigenvalue weighted by molar-refractivity contribution is 7.09. The number of piperidine rings is 1. The molecule has 4 heterocycles. The van der Waals surface area contributed by atoms with E-state index in [0.717, 1.165) is 42.3 Å². The van der Waals surface area contributed by atoms with E-state index in [2.05, 4.69) is 29.1 Å². The Morgan fingerprint density at radius 2 is 2.13 bits per heavy atom. The predicted molar refractivity (Wildman–Crippen MR) is 89.3 cm³/mol. The van der Waals surface area contributed by atoms with Crippen LogP contribution in [-0.4, -0.2) is 52.1 Å². The SMILES string of the molecule is COc1cc(N2CCC3CCN(c4nc(C)ns4)C3C2)ncn1. The molecule has 0 aromatic carbocycles. The number of rotatable bonds is 3. The smallest absolute Gasteiger partial charge is 0.218 e. The van der Waals surface area contributed by atoms with Gasteiger partial charge < -0.3 is 14.5 Å². The fourth-order valence-electron chi connectivity index (χ4n) is 3.60. The highest BCUT2D eigenvalue weighted by Crippen LogP contribution is 2.36. The molecule has 2 aromatic rings. The van der Waals surface area contributed by atoms with E-state index in [-0.39, 0.29) is 0 Å². The standard InChI is InChI=1S/C15H20N6OS/c1-10-18-15(23-19-10)21-6-4-11-3-5-20(8-12(11)21)13-7-14(22-2)17-9-16-13/h7,9,11-12H,3-6,8H2,1-2H3. The fourth-order valence-corrected chi connectivity index (χ4v) is 4.36. The summed E-state index contributed by atoms with van der Waals surface area (Å²) in [5.41, 5.74) is 0. The molecule has 2 aliphatic rings. The number of fused-ring (bicyclic) bond motifs is 1. The van der Waals surface area contributed by atoms with Crippen molar-refractivity contribution in [2.45, 2.75) is 25.8 Å². The molecular formula is C15H20N6OS. The van der Waals surface area contributed by atoms with Crippen molar-refractivity contribution in [1.29, 1.82) is 0 Å². The zero-order chi connectivity index (χ0) is 15.8. The van der Waals surface area contributed by atoms with Crippen LogP contribution in [0.5, 0.6) is 5.88 Å². The number of hydrogen-bond acceptors (Lipinski definition) is 8. The minimum absolute atomic E-state index is 0.483. The molecule has 0 aliphatic carbocycles. The average Bonchev–Trinajstić information content (AvgIpc) is 3.20. The fraction of sp³-hybridized carbons (Fsp3) is 0.600. The normalized spacial score (nSPS) is 23.9. The van der Waals surface area contributed by atoms with Crippen LogP contribution in [-0.2, 0) is 0 Å². The van der Waals surface area contributed by atoms with E-state index in [1.165, 1.54) is 24.4 Å². The molecule has 0 N–H and O–H groups in total. The third-order valence-corrected chi connectivity index (χ3v) is 5.63. The number of ether oxygens (including phenoxy) is 1. The summed E-state index contributed by atoms with van der Waals surface area (Å²) >= 11 is 1.51. The van der Waals surface area contributed by atoms with E-state index in [1.807, 2.05) is 13.0 Å². The average molecular weight is 332 g/mol. The monoisotopic (exact) mass is 332 g/mol. The van der Waals surface area contributed by atoms with Gasteiger partial charge in [0, 0.05) is 37.2 Å². The molecule has 2 atom stereocenters. The van der Waals surface area contributed by atoms with Crippen LogP contribution >= 0.6 is 11.5 Å². The molecule has 23 heavy (non-hydrogen) atoms.